The molecule has 0 aliphatic carbocycles. The van der Waals surface area contributed by atoms with Gasteiger partial charge in [0.1, 0.15) is 5.82 Å². The third kappa shape index (κ3) is 2.60. The van der Waals surface area contributed by atoms with Crippen molar-refractivity contribution in [1.29, 1.82) is 0 Å². The number of benzene rings is 1. The van der Waals surface area contributed by atoms with Gasteiger partial charge in [-0.15, -0.1) is 0 Å². The summed E-state index contributed by atoms with van der Waals surface area (Å²) in [5, 5.41) is 2.78. The van der Waals surface area contributed by atoms with Gasteiger partial charge < -0.3 is 15.8 Å². The van der Waals surface area contributed by atoms with Crippen LogP contribution in [0.2, 0.25) is 5.02 Å². The first kappa shape index (κ1) is 12.4. The third-order valence-electron chi connectivity index (χ3n) is 2.14. The second-order valence-electron chi connectivity index (χ2n) is 3.38. The van der Waals surface area contributed by atoms with Crippen molar-refractivity contribution in [2.24, 2.45) is 0 Å². The molecule has 0 bridgehead atoms. The van der Waals surface area contributed by atoms with Crippen molar-refractivity contribution in [3.8, 4) is 5.88 Å². The molecule has 1 aromatic carbocycles. The van der Waals surface area contributed by atoms with E-state index in [4.69, 9.17) is 22.1 Å². The lowest BCUT2D eigenvalue weighted by Gasteiger charge is -2.09. The Balaban J connectivity index is 2.34. The predicted molar refractivity (Wildman–Crippen MR) is 67.7 cm³/mol. The maximum absolute atomic E-state index is 13.7. The van der Waals surface area contributed by atoms with Crippen LogP contribution in [-0.4, -0.2) is 17.1 Å². The molecule has 0 atom stereocenters. The number of hydrogen-bond donors (Lipinski definition) is 2. The lowest BCUT2D eigenvalue weighted by molar-refractivity contribution is 0.398. The molecule has 7 heteroatoms. The van der Waals surface area contributed by atoms with Gasteiger partial charge in [-0.1, -0.05) is 17.7 Å². The summed E-state index contributed by atoms with van der Waals surface area (Å²) in [6, 6.07) is 6.11. The average Bonchev–Trinajstić information content (AvgIpc) is 2.34. The van der Waals surface area contributed by atoms with Crippen molar-refractivity contribution in [1.82, 2.24) is 9.97 Å². The summed E-state index contributed by atoms with van der Waals surface area (Å²) < 4.78 is 18.6. The van der Waals surface area contributed by atoms with Crippen LogP contribution in [0.4, 0.5) is 21.8 Å². The van der Waals surface area contributed by atoms with Crippen LogP contribution < -0.4 is 15.8 Å². The van der Waals surface area contributed by atoms with E-state index in [9.17, 15) is 4.39 Å². The highest BCUT2D eigenvalue weighted by molar-refractivity contribution is 6.31. The zero-order valence-corrected chi connectivity index (χ0v) is 10.2. The Kier molecular flexibility index (Phi) is 3.47. The Morgan fingerprint density at radius 1 is 1.39 bits per heavy atom. The highest BCUT2D eigenvalue weighted by Crippen LogP contribution is 2.25. The Labute approximate surface area is 108 Å². The van der Waals surface area contributed by atoms with Gasteiger partial charge in [0, 0.05) is 6.07 Å². The van der Waals surface area contributed by atoms with E-state index in [1.54, 1.807) is 6.07 Å². The van der Waals surface area contributed by atoms with Gasteiger partial charge in [0.2, 0.25) is 11.8 Å². The number of nitrogens with two attached hydrogens (primary N) is 1. The lowest BCUT2D eigenvalue weighted by atomic mass is 10.3. The van der Waals surface area contributed by atoms with Crippen molar-refractivity contribution >= 4 is 29.1 Å². The van der Waals surface area contributed by atoms with Crippen molar-refractivity contribution < 1.29 is 9.13 Å². The minimum Gasteiger partial charge on any atom is -0.481 e. The van der Waals surface area contributed by atoms with Crippen LogP contribution in [0, 0.1) is 5.82 Å². The molecule has 2 aromatic rings. The van der Waals surface area contributed by atoms with E-state index in [2.05, 4.69) is 15.3 Å². The van der Waals surface area contributed by atoms with Gasteiger partial charge >= 0.3 is 0 Å². The van der Waals surface area contributed by atoms with Crippen LogP contribution in [-0.2, 0) is 0 Å². The summed E-state index contributed by atoms with van der Waals surface area (Å²) in [6.07, 6.45) is 0. The maximum Gasteiger partial charge on any atom is 0.225 e. The van der Waals surface area contributed by atoms with Crippen LogP contribution in [0.3, 0.4) is 0 Å². The molecule has 5 nitrogen and oxygen atoms in total. The number of anilines is 3. The summed E-state index contributed by atoms with van der Waals surface area (Å²) >= 11 is 5.67. The molecule has 0 fully saturated rings. The second kappa shape index (κ2) is 5.05. The average molecular weight is 269 g/mol. The molecule has 1 aromatic heterocycles. The Bertz CT molecular complexity index is 579. The zero-order valence-electron chi connectivity index (χ0n) is 9.45. The first-order valence-electron chi connectivity index (χ1n) is 4.99. The summed E-state index contributed by atoms with van der Waals surface area (Å²) in [6.45, 7) is 0. The normalized spacial score (nSPS) is 10.2. The Hall–Kier alpha value is -2.08. The van der Waals surface area contributed by atoms with Gasteiger partial charge in [-0.3, -0.25) is 0 Å². The summed E-state index contributed by atoms with van der Waals surface area (Å²) in [7, 11) is 1.45. The number of nitrogens with zero attached hydrogens (tertiary/aromatic N) is 2. The first-order valence-corrected chi connectivity index (χ1v) is 5.37. The molecule has 0 aliphatic heterocycles. The number of aromatic nitrogens is 2. The van der Waals surface area contributed by atoms with Gasteiger partial charge in [0.15, 0.2) is 5.82 Å². The summed E-state index contributed by atoms with van der Waals surface area (Å²) in [5.41, 5.74) is 5.69. The van der Waals surface area contributed by atoms with E-state index in [1.807, 2.05) is 0 Å². The van der Waals surface area contributed by atoms with Gasteiger partial charge in [-0.25, -0.2) is 4.39 Å². The van der Waals surface area contributed by atoms with Gasteiger partial charge in [0.25, 0.3) is 0 Å². The molecule has 0 saturated heterocycles. The molecule has 0 spiro atoms. The van der Waals surface area contributed by atoms with Gasteiger partial charge in [-0.2, -0.15) is 9.97 Å². The van der Waals surface area contributed by atoms with Crippen LogP contribution in [0.5, 0.6) is 5.88 Å². The molecular weight excluding hydrogens is 259 g/mol. The van der Waals surface area contributed by atoms with E-state index in [0.29, 0.717) is 5.82 Å². The largest absolute Gasteiger partial charge is 0.481 e. The highest BCUT2D eigenvalue weighted by Gasteiger charge is 2.08. The van der Waals surface area contributed by atoms with E-state index in [1.165, 1.54) is 25.3 Å². The number of rotatable bonds is 3. The van der Waals surface area contributed by atoms with Crippen molar-refractivity contribution in [2.45, 2.75) is 0 Å². The maximum atomic E-state index is 13.7. The highest BCUT2D eigenvalue weighted by atomic mass is 35.5. The molecular formula is C11H10ClFN4O. The fraction of sp³-hybridized carbons (Fsp3) is 0.0909. The molecule has 0 saturated carbocycles. The van der Waals surface area contributed by atoms with Crippen LogP contribution in [0.25, 0.3) is 0 Å². The number of nitrogens with one attached hydrogen (secondary N) is 1. The predicted octanol–water partition coefficient (Wildman–Crippen LogP) is 2.60. The minimum absolute atomic E-state index is 0.0222. The molecule has 0 aliphatic rings. The van der Waals surface area contributed by atoms with E-state index >= 15 is 0 Å². The lowest BCUT2D eigenvalue weighted by Crippen LogP contribution is -2.02. The van der Waals surface area contributed by atoms with Crippen LogP contribution in [0.1, 0.15) is 0 Å². The fourth-order valence-electron chi connectivity index (χ4n) is 1.35. The zero-order chi connectivity index (χ0) is 13.1. The third-order valence-corrected chi connectivity index (χ3v) is 2.44. The summed E-state index contributed by atoms with van der Waals surface area (Å²) in [4.78, 5) is 7.73. The van der Waals surface area contributed by atoms with Crippen LogP contribution >= 0.6 is 11.6 Å². The number of halogens is 2. The minimum atomic E-state index is -0.560. The first-order chi connectivity index (χ1) is 8.60. The van der Waals surface area contributed by atoms with Crippen molar-refractivity contribution in [3.63, 3.8) is 0 Å². The van der Waals surface area contributed by atoms with E-state index in [0.717, 1.165) is 0 Å². The fourth-order valence-corrected chi connectivity index (χ4v) is 1.52. The van der Waals surface area contributed by atoms with E-state index in [-0.39, 0.29) is 22.5 Å². The van der Waals surface area contributed by atoms with Crippen LogP contribution in [0.15, 0.2) is 24.3 Å². The molecule has 0 radical (unpaired) electrons. The number of nitrogen functional groups attached to an aromatic ring is 1. The monoisotopic (exact) mass is 268 g/mol. The van der Waals surface area contributed by atoms with Crippen molar-refractivity contribution in [3.05, 3.63) is 35.1 Å². The second-order valence-corrected chi connectivity index (χ2v) is 3.79. The molecule has 3 N–H and O–H groups in total. The Morgan fingerprint density at radius 2 is 2.17 bits per heavy atom. The molecule has 1 heterocycles. The van der Waals surface area contributed by atoms with E-state index < -0.39 is 5.82 Å². The molecule has 18 heavy (non-hydrogen) atoms. The molecule has 0 amide bonds. The number of methoxy groups -OCH3 is 1. The number of hydrogen-bond acceptors (Lipinski definition) is 5. The van der Waals surface area contributed by atoms with Gasteiger partial charge in [0.05, 0.1) is 17.8 Å². The molecule has 2 rings (SSSR count). The molecule has 94 valence electrons. The topological polar surface area (TPSA) is 73.1 Å². The number of ether oxygens (including phenoxy) is 1. The van der Waals surface area contributed by atoms with Gasteiger partial charge in [-0.05, 0) is 12.1 Å². The quantitative estimate of drug-likeness (QED) is 0.895. The molecule has 0 unspecified atom stereocenters. The van der Waals surface area contributed by atoms with Crippen molar-refractivity contribution in [2.75, 3.05) is 18.2 Å². The standard InChI is InChI=1S/C11H10ClFN4O/c1-18-9-5-8(16-11(14)17-9)15-7-4-2-3-6(12)10(7)13/h2-5H,1H3,(H3,14,15,16,17). The summed E-state index contributed by atoms with van der Waals surface area (Å²) in [5.74, 6) is 0.0718. The smallest absolute Gasteiger partial charge is 0.225 e. The Morgan fingerprint density at radius 3 is 2.89 bits per heavy atom. The SMILES string of the molecule is COc1cc(Nc2cccc(Cl)c2F)nc(N)n1.